The third-order valence-corrected chi connectivity index (χ3v) is 1.92. The Morgan fingerprint density at radius 3 is 3.20 bits per heavy atom. The van der Waals surface area contributed by atoms with Gasteiger partial charge in [-0.25, -0.2) is 0 Å². The van der Waals surface area contributed by atoms with Crippen LogP contribution in [0, 0.1) is 0 Å². The number of imidazole rings is 1. The van der Waals surface area contributed by atoms with Gasteiger partial charge in [-0.05, 0) is 0 Å². The van der Waals surface area contributed by atoms with Crippen molar-refractivity contribution in [3.05, 3.63) is 24.5 Å². The van der Waals surface area contributed by atoms with Crippen molar-refractivity contribution in [2.75, 3.05) is 0 Å². The molecule has 0 saturated carbocycles. The van der Waals surface area contributed by atoms with Gasteiger partial charge in [-0.15, -0.1) is 0 Å². The molecule has 0 aliphatic heterocycles. The van der Waals surface area contributed by atoms with Crippen LogP contribution in [0.4, 0.5) is 0 Å². The summed E-state index contributed by atoms with van der Waals surface area (Å²) in [4.78, 5) is 7.12. The van der Waals surface area contributed by atoms with Gasteiger partial charge in [0.05, 0.1) is 0 Å². The average molecular weight is 196 g/mol. The molecule has 0 amide bonds. The predicted molar refractivity (Wildman–Crippen MR) is 41.5 cm³/mol. The molecule has 0 aliphatic carbocycles. The van der Waals surface area contributed by atoms with E-state index in [-0.39, 0.29) is 0 Å². The topological polar surface area (TPSA) is 28.7 Å². The minimum atomic E-state index is 1.01. The number of aromatic nitrogens is 2. The molecule has 0 bridgehead atoms. The molecule has 0 unspecified atom stereocenters. The maximum absolute atomic E-state index is 4.09. The fourth-order valence-electron chi connectivity index (χ4n) is 0.915. The standard InChI is InChI=1S/C7H5N2Se/c10-5-1-2-6-7(3-5)9-4-8-6/h1-4H,(H,8,9). The van der Waals surface area contributed by atoms with E-state index < -0.39 is 0 Å². The van der Waals surface area contributed by atoms with Crippen LogP contribution in [0.1, 0.15) is 0 Å². The molecule has 0 fully saturated rings. The van der Waals surface area contributed by atoms with Crippen LogP contribution in [-0.4, -0.2) is 26.0 Å². The van der Waals surface area contributed by atoms with Gasteiger partial charge in [0, 0.05) is 0 Å². The van der Waals surface area contributed by atoms with Crippen LogP contribution in [0.15, 0.2) is 24.5 Å². The Hall–Kier alpha value is -0.791. The molecular formula is C7H5N2Se. The normalized spacial score (nSPS) is 10.4. The number of nitrogens with zero attached hydrogens (tertiary/aromatic N) is 1. The van der Waals surface area contributed by atoms with Crippen molar-refractivity contribution < 1.29 is 0 Å². The molecule has 0 spiro atoms. The van der Waals surface area contributed by atoms with Crippen molar-refractivity contribution in [3.8, 4) is 0 Å². The molecule has 2 nitrogen and oxygen atoms in total. The number of aromatic amines is 1. The maximum atomic E-state index is 4.09. The van der Waals surface area contributed by atoms with E-state index in [0.29, 0.717) is 0 Å². The van der Waals surface area contributed by atoms with Crippen LogP contribution < -0.4 is 4.46 Å². The molecule has 2 aromatic rings. The Morgan fingerprint density at radius 1 is 1.40 bits per heavy atom. The van der Waals surface area contributed by atoms with Crippen molar-refractivity contribution in [1.82, 2.24) is 9.97 Å². The quantitative estimate of drug-likeness (QED) is 0.605. The van der Waals surface area contributed by atoms with Gasteiger partial charge >= 0.3 is 66.0 Å². The van der Waals surface area contributed by atoms with Gasteiger partial charge in [0.15, 0.2) is 0 Å². The van der Waals surface area contributed by atoms with E-state index in [9.17, 15) is 0 Å². The Balaban J connectivity index is 2.86. The third-order valence-electron chi connectivity index (χ3n) is 1.39. The first-order valence-electron chi connectivity index (χ1n) is 2.96. The predicted octanol–water partition coefficient (Wildman–Crippen LogP) is 0.357. The molecule has 1 radical (unpaired) electrons. The van der Waals surface area contributed by atoms with Crippen LogP contribution in [0.3, 0.4) is 0 Å². The molecular weight excluding hydrogens is 191 g/mol. The molecule has 0 atom stereocenters. The average Bonchev–Trinajstić information content (AvgIpc) is 2.33. The van der Waals surface area contributed by atoms with E-state index in [1.54, 1.807) is 6.33 Å². The van der Waals surface area contributed by atoms with Crippen molar-refractivity contribution in [1.29, 1.82) is 0 Å². The zero-order valence-electron chi connectivity index (χ0n) is 5.16. The van der Waals surface area contributed by atoms with E-state index >= 15 is 0 Å². The van der Waals surface area contributed by atoms with Gasteiger partial charge in [0.1, 0.15) is 0 Å². The molecule has 1 aromatic heterocycles. The van der Waals surface area contributed by atoms with Gasteiger partial charge in [0.25, 0.3) is 0 Å². The fraction of sp³-hybridized carbons (Fsp3) is 0. The van der Waals surface area contributed by atoms with E-state index in [4.69, 9.17) is 0 Å². The van der Waals surface area contributed by atoms with Crippen molar-refractivity contribution in [2.24, 2.45) is 0 Å². The summed E-state index contributed by atoms with van der Waals surface area (Å²) in [5.74, 6) is 0. The number of hydrogen-bond acceptors (Lipinski definition) is 1. The minimum absolute atomic E-state index is 1.01. The van der Waals surface area contributed by atoms with E-state index in [1.165, 1.54) is 0 Å². The van der Waals surface area contributed by atoms with Crippen LogP contribution in [0.25, 0.3) is 11.0 Å². The number of benzene rings is 1. The first kappa shape index (κ1) is 5.95. The summed E-state index contributed by atoms with van der Waals surface area (Å²) in [6, 6.07) is 6.02. The van der Waals surface area contributed by atoms with E-state index in [0.717, 1.165) is 15.5 Å². The number of H-pyrrole nitrogens is 1. The number of hydrogen-bond donors (Lipinski definition) is 1. The summed E-state index contributed by atoms with van der Waals surface area (Å²) in [6.07, 6.45) is 1.70. The molecule has 49 valence electrons. The number of fused-ring (bicyclic) bond motifs is 1. The Labute approximate surface area is 66.5 Å². The van der Waals surface area contributed by atoms with E-state index in [2.05, 4.69) is 26.0 Å². The summed E-state index contributed by atoms with van der Waals surface area (Å²) >= 11 is 2.94. The molecule has 1 heterocycles. The second-order valence-electron chi connectivity index (χ2n) is 2.08. The summed E-state index contributed by atoms with van der Waals surface area (Å²) in [6.45, 7) is 0. The molecule has 3 heteroatoms. The van der Waals surface area contributed by atoms with Crippen LogP contribution in [0.5, 0.6) is 0 Å². The Morgan fingerprint density at radius 2 is 2.30 bits per heavy atom. The number of nitrogens with one attached hydrogen (secondary N) is 1. The van der Waals surface area contributed by atoms with Gasteiger partial charge in [-0.2, -0.15) is 0 Å². The monoisotopic (exact) mass is 197 g/mol. The Bertz CT molecular complexity index is 353. The summed E-state index contributed by atoms with van der Waals surface area (Å²) < 4.78 is 1.14. The molecule has 10 heavy (non-hydrogen) atoms. The van der Waals surface area contributed by atoms with Crippen molar-refractivity contribution in [3.63, 3.8) is 0 Å². The Kier molecular flexibility index (Phi) is 1.26. The van der Waals surface area contributed by atoms with Crippen LogP contribution >= 0.6 is 0 Å². The molecule has 0 saturated heterocycles. The van der Waals surface area contributed by atoms with Crippen LogP contribution in [0.2, 0.25) is 0 Å². The zero-order chi connectivity index (χ0) is 6.97. The van der Waals surface area contributed by atoms with Gasteiger partial charge < -0.3 is 0 Å². The first-order chi connectivity index (χ1) is 4.86. The second kappa shape index (κ2) is 2.11. The van der Waals surface area contributed by atoms with Gasteiger partial charge in [-0.3, -0.25) is 0 Å². The fourth-order valence-corrected chi connectivity index (χ4v) is 1.30. The van der Waals surface area contributed by atoms with E-state index in [1.807, 2.05) is 18.2 Å². The SMILES string of the molecule is [Se]c1ccc2nc[nH]c2c1. The second-order valence-corrected chi connectivity index (χ2v) is 3.07. The van der Waals surface area contributed by atoms with Gasteiger partial charge in [-0.1, -0.05) is 0 Å². The molecule has 1 N–H and O–H groups in total. The summed E-state index contributed by atoms with van der Waals surface area (Å²) in [7, 11) is 0. The van der Waals surface area contributed by atoms with Gasteiger partial charge in [0.2, 0.25) is 0 Å². The molecule has 1 aromatic carbocycles. The van der Waals surface area contributed by atoms with Crippen molar-refractivity contribution >= 4 is 31.5 Å². The third kappa shape index (κ3) is 0.838. The first-order valence-corrected chi connectivity index (χ1v) is 3.82. The number of rotatable bonds is 0. The molecule has 0 aliphatic rings. The van der Waals surface area contributed by atoms with Crippen LogP contribution in [-0.2, 0) is 0 Å². The molecule has 2 rings (SSSR count). The zero-order valence-corrected chi connectivity index (χ0v) is 6.88. The summed E-state index contributed by atoms with van der Waals surface area (Å²) in [5.41, 5.74) is 2.09. The summed E-state index contributed by atoms with van der Waals surface area (Å²) in [5, 5.41) is 0. The van der Waals surface area contributed by atoms with Crippen molar-refractivity contribution in [2.45, 2.75) is 0 Å².